The molecule has 1 aromatic rings. The van der Waals surface area contributed by atoms with Gasteiger partial charge in [-0.25, -0.2) is 0 Å². The van der Waals surface area contributed by atoms with Gasteiger partial charge in [0.2, 0.25) is 0 Å². The van der Waals surface area contributed by atoms with Crippen molar-refractivity contribution in [2.24, 2.45) is 0 Å². The summed E-state index contributed by atoms with van der Waals surface area (Å²) in [4.78, 5) is 29.6. The van der Waals surface area contributed by atoms with Crippen molar-refractivity contribution in [2.75, 3.05) is 26.2 Å². The number of rotatable bonds is 9. The fourth-order valence-corrected chi connectivity index (χ4v) is 13.4. The molecule has 1 rings (SSSR count). The summed E-state index contributed by atoms with van der Waals surface area (Å²) in [5, 5.41) is 0. The number of amides is 2. The molecule has 4 nitrogen and oxygen atoms in total. The molecule has 0 aliphatic carbocycles. The van der Waals surface area contributed by atoms with Gasteiger partial charge in [0.15, 0.2) is 0 Å². The molecular formula is C20H32N2O2Te2. The van der Waals surface area contributed by atoms with Crippen LogP contribution in [0.25, 0.3) is 0 Å². The average molecular weight is 588 g/mol. The summed E-state index contributed by atoms with van der Waals surface area (Å²) in [7, 11) is 0. The molecule has 0 radical (unpaired) electrons. The fourth-order valence-electron chi connectivity index (χ4n) is 3.00. The Balaban J connectivity index is 3.22. The van der Waals surface area contributed by atoms with E-state index in [1.165, 1.54) is 22.3 Å². The van der Waals surface area contributed by atoms with Crippen molar-refractivity contribution in [2.45, 2.75) is 50.5 Å². The molecule has 0 saturated carbocycles. The van der Waals surface area contributed by atoms with E-state index in [0.717, 1.165) is 26.2 Å². The minimum absolute atomic E-state index is 0.188. The third-order valence-corrected chi connectivity index (χ3v) is 13.3. The van der Waals surface area contributed by atoms with Crippen LogP contribution in [0, 0.1) is 20.8 Å². The van der Waals surface area contributed by atoms with E-state index in [1.807, 2.05) is 37.5 Å². The standard InChI is InChI=1S/C20H32N2O2Te2/c1-8-21(9-2)19(23)25-18(26-20(24)22(10-3)11-4)17-15(6)12-14(5)13-16(17)7/h12-13,18H,8-11H2,1-7H3. The maximum absolute atomic E-state index is 12.8. The van der Waals surface area contributed by atoms with Gasteiger partial charge in [-0.1, -0.05) is 0 Å². The van der Waals surface area contributed by atoms with Crippen molar-refractivity contribution >= 4 is 49.8 Å². The van der Waals surface area contributed by atoms with E-state index in [4.69, 9.17) is 0 Å². The molecule has 0 spiro atoms. The topological polar surface area (TPSA) is 40.6 Å². The Bertz CT molecular complexity index is 577. The number of hydrogen-bond acceptors (Lipinski definition) is 2. The van der Waals surface area contributed by atoms with Gasteiger partial charge in [0, 0.05) is 0 Å². The minimum atomic E-state index is -0.969. The van der Waals surface area contributed by atoms with Crippen LogP contribution in [0.15, 0.2) is 12.1 Å². The van der Waals surface area contributed by atoms with Gasteiger partial charge in [0.05, 0.1) is 0 Å². The average Bonchev–Trinajstić information content (AvgIpc) is 2.55. The van der Waals surface area contributed by atoms with Crippen LogP contribution in [0.3, 0.4) is 0 Å². The van der Waals surface area contributed by atoms with Crippen LogP contribution in [0.4, 0.5) is 9.59 Å². The number of carbonyl (C=O) groups is 2. The van der Waals surface area contributed by atoms with Crippen LogP contribution in [0.1, 0.15) is 52.0 Å². The Labute approximate surface area is 179 Å². The molecular weight excluding hydrogens is 555 g/mol. The number of aryl methyl sites for hydroxylation is 3. The maximum atomic E-state index is 12.8. The molecule has 26 heavy (non-hydrogen) atoms. The van der Waals surface area contributed by atoms with Crippen LogP contribution in [-0.2, 0) is 0 Å². The summed E-state index contributed by atoms with van der Waals surface area (Å²) in [6.07, 6.45) is 0. The van der Waals surface area contributed by atoms with Gasteiger partial charge < -0.3 is 0 Å². The second-order valence-electron chi connectivity index (χ2n) is 6.26. The zero-order valence-corrected chi connectivity index (χ0v) is 21.7. The predicted octanol–water partition coefficient (Wildman–Crippen LogP) is 3.94. The summed E-state index contributed by atoms with van der Waals surface area (Å²) in [5.41, 5.74) is 5.00. The molecule has 0 fully saturated rings. The third-order valence-electron chi connectivity index (χ3n) is 4.43. The molecule has 0 aromatic heterocycles. The molecule has 2 amide bonds. The Morgan fingerprint density at radius 3 is 1.46 bits per heavy atom. The van der Waals surface area contributed by atoms with Crippen LogP contribution in [-0.4, -0.2) is 85.7 Å². The van der Waals surface area contributed by atoms with E-state index in [0.29, 0.717) is 7.91 Å². The zero-order valence-electron chi connectivity index (χ0n) is 17.1. The SMILES string of the molecule is CCN(CC)C(=O)[Te]C([Te]C(=O)N(CC)CC)c1c(C)cc(C)cc1C. The van der Waals surface area contributed by atoms with Crippen LogP contribution < -0.4 is 0 Å². The normalized spacial score (nSPS) is 10.9. The molecule has 0 atom stereocenters. The number of benzene rings is 1. The molecule has 0 heterocycles. The Kier molecular flexibility index (Phi) is 10.6. The molecule has 0 aliphatic rings. The molecule has 146 valence electrons. The van der Waals surface area contributed by atoms with Crippen molar-refractivity contribution in [3.05, 3.63) is 34.4 Å². The van der Waals surface area contributed by atoms with Crippen molar-refractivity contribution in [3.63, 3.8) is 0 Å². The van der Waals surface area contributed by atoms with Crippen LogP contribution in [0.5, 0.6) is 0 Å². The van der Waals surface area contributed by atoms with Gasteiger partial charge in [0.1, 0.15) is 0 Å². The molecule has 6 heteroatoms. The van der Waals surface area contributed by atoms with E-state index >= 15 is 0 Å². The second-order valence-corrected chi connectivity index (χ2v) is 15.2. The first-order chi connectivity index (χ1) is 12.3. The summed E-state index contributed by atoms with van der Waals surface area (Å²) in [6, 6.07) is 4.39. The second kappa shape index (κ2) is 11.6. The zero-order chi connectivity index (χ0) is 19.9. The molecule has 1 aromatic carbocycles. The van der Waals surface area contributed by atoms with E-state index < -0.39 is 41.8 Å². The number of nitrogens with zero attached hydrogens (tertiary/aromatic N) is 2. The Morgan fingerprint density at radius 1 is 0.808 bits per heavy atom. The van der Waals surface area contributed by atoms with E-state index in [9.17, 15) is 9.59 Å². The van der Waals surface area contributed by atoms with E-state index in [1.54, 1.807) is 0 Å². The van der Waals surface area contributed by atoms with Crippen molar-refractivity contribution in [3.8, 4) is 0 Å². The summed E-state index contributed by atoms with van der Waals surface area (Å²) in [6.45, 7) is 17.5. The first kappa shape index (κ1) is 23.8. The molecule has 0 aliphatic heterocycles. The van der Waals surface area contributed by atoms with Crippen molar-refractivity contribution < 1.29 is 9.59 Å². The van der Waals surface area contributed by atoms with Gasteiger partial charge in [-0.05, 0) is 0 Å². The van der Waals surface area contributed by atoms with Gasteiger partial charge in [0.25, 0.3) is 0 Å². The molecule has 0 bridgehead atoms. The third kappa shape index (κ3) is 6.42. The summed E-state index contributed by atoms with van der Waals surface area (Å²) < 4.78 is 0.775. The first-order valence-corrected chi connectivity index (χ1v) is 14.3. The van der Waals surface area contributed by atoms with Crippen LogP contribution >= 0.6 is 0 Å². The Morgan fingerprint density at radius 2 is 1.15 bits per heavy atom. The predicted molar refractivity (Wildman–Crippen MR) is 112 cm³/mol. The Hall–Kier alpha value is -0.261. The number of hydrogen-bond donors (Lipinski definition) is 0. The van der Waals surface area contributed by atoms with E-state index in [-0.39, 0.29) is 2.01 Å². The summed E-state index contributed by atoms with van der Waals surface area (Å²) >= 11 is -1.94. The van der Waals surface area contributed by atoms with Gasteiger partial charge in [-0.15, -0.1) is 0 Å². The van der Waals surface area contributed by atoms with Gasteiger partial charge in [-0.2, -0.15) is 0 Å². The fraction of sp³-hybridized carbons (Fsp3) is 0.600. The quantitative estimate of drug-likeness (QED) is 0.411. The van der Waals surface area contributed by atoms with Crippen molar-refractivity contribution in [1.82, 2.24) is 9.80 Å². The number of carbonyl (C=O) groups excluding carboxylic acids is 2. The van der Waals surface area contributed by atoms with E-state index in [2.05, 4.69) is 32.9 Å². The summed E-state index contributed by atoms with van der Waals surface area (Å²) in [5.74, 6) is 0. The molecule has 0 saturated heterocycles. The monoisotopic (exact) mass is 592 g/mol. The van der Waals surface area contributed by atoms with Gasteiger partial charge in [-0.3, -0.25) is 0 Å². The first-order valence-electron chi connectivity index (χ1n) is 9.27. The van der Waals surface area contributed by atoms with Crippen LogP contribution in [0.2, 0.25) is 0 Å². The molecule has 0 unspecified atom stereocenters. The van der Waals surface area contributed by atoms with Crippen molar-refractivity contribution in [1.29, 1.82) is 0 Å². The van der Waals surface area contributed by atoms with Gasteiger partial charge >= 0.3 is 180 Å². The molecule has 0 N–H and O–H groups in total.